The van der Waals surface area contributed by atoms with E-state index < -0.39 is 9.84 Å². The first kappa shape index (κ1) is 16.2. The van der Waals surface area contributed by atoms with Crippen LogP contribution in [0.4, 0.5) is 0 Å². The molecule has 2 aliphatic heterocycles. The van der Waals surface area contributed by atoms with Crippen molar-refractivity contribution in [3.63, 3.8) is 0 Å². The minimum absolute atomic E-state index is 0.0566. The van der Waals surface area contributed by atoms with Gasteiger partial charge >= 0.3 is 0 Å². The van der Waals surface area contributed by atoms with Crippen molar-refractivity contribution in [2.75, 3.05) is 31.1 Å². The zero-order valence-corrected chi connectivity index (χ0v) is 13.8. The van der Waals surface area contributed by atoms with Crippen molar-refractivity contribution in [2.45, 2.75) is 57.9 Å². The molecule has 5 heteroatoms. The first-order valence-corrected chi connectivity index (χ1v) is 9.89. The minimum atomic E-state index is -2.82. The fraction of sp³-hybridized carbons (Fsp3) is 1.00. The Morgan fingerprint density at radius 1 is 1.00 bits per heavy atom. The van der Waals surface area contributed by atoms with E-state index in [0.717, 1.165) is 25.9 Å². The van der Waals surface area contributed by atoms with Crippen LogP contribution in [0.3, 0.4) is 0 Å². The van der Waals surface area contributed by atoms with Crippen molar-refractivity contribution in [1.29, 1.82) is 0 Å². The molecule has 2 saturated heterocycles. The lowest BCUT2D eigenvalue weighted by molar-refractivity contribution is 0.0106. The number of piperidine rings is 1. The van der Waals surface area contributed by atoms with Gasteiger partial charge in [-0.05, 0) is 44.2 Å². The molecule has 0 bridgehead atoms. The number of hydrogen-bond acceptors (Lipinski definition) is 4. The van der Waals surface area contributed by atoms with Crippen LogP contribution >= 0.6 is 0 Å². The molecule has 20 heavy (non-hydrogen) atoms. The van der Waals surface area contributed by atoms with Gasteiger partial charge in [0.2, 0.25) is 0 Å². The first-order valence-electron chi connectivity index (χ1n) is 8.06. The Kier molecular flexibility index (Phi) is 4.82. The fourth-order valence-electron chi connectivity index (χ4n) is 3.98. The number of rotatable bonds is 4. The molecule has 2 heterocycles. The van der Waals surface area contributed by atoms with Gasteiger partial charge in [-0.25, -0.2) is 8.42 Å². The molecule has 0 amide bonds. The molecule has 0 aliphatic carbocycles. The molecule has 2 aliphatic rings. The number of sulfone groups is 1. The summed E-state index contributed by atoms with van der Waals surface area (Å²) in [5, 5.41) is 0. The molecule has 0 atom stereocenters. The van der Waals surface area contributed by atoms with E-state index >= 15 is 0 Å². The van der Waals surface area contributed by atoms with E-state index in [-0.39, 0.29) is 5.54 Å². The zero-order valence-electron chi connectivity index (χ0n) is 13.0. The van der Waals surface area contributed by atoms with Crippen molar-refractivity contribution in [3.8, 4) is 0 Å². The van der Waals surface area contributed by atoms with E-state index in [1.165, 1.54) is 25.7 Å². The summed E-state index contributed by atoms with van der Waals surface area (Å²) in [4.78, 5) is 2.51. The van der Waals surface area contributed by atoms with Crippen LogP contribution in [0.1, 0.15) is 52.4 Å². The summed E-state index contributed by atoms with van der Waals surface area (Å²) >= 11 is 0. The van der Waals surface area contributed by atoms with Gasteiger partial charge in [-0.15, -0.1) is 0 Å². The van der Waals surface area contributed by atoms with Crippen molar-refractivity contribution in [1.82, 2.24) is 4.90 Å². The van der Waals surface area contributed by atoms with Gasteiger partial charge in [-0.3, -0.25) is 4.90 Å². The molecule has 0 aromatic rings. The molecule has 2 rings (SSSR count). The topological polar surface area (TPSA) is 63.4 Å². The van der Waals surface area contributed by atoms with Crippen molar-refractivity contribution in [2.24, 2.45) is 11.1 Å². The summed E-state index contributed by atoms with van der Waals surface area (Å²) in [6, 6.07) is 0. The summed E-state index contributed by atoms with van der Waals surface area (Å²) in [7, 11) is -2.82. The lowest BCUT2D eigenvalue weighted by Crippen LogP contribution is -2.60. The second-order valence-electron chi connectivity index (χ2n) is 6.77. The lowest BCUT2D eigenvalue weighted by Gasteiger charge is -2.51. The molecule has 0 radical (unpaired) electrons. The predicted octanol–water partition coefficient (Wildman–Crippen LogP) is 1.79. The largest absolute Gasteiger partial charge is 0.329 e. The molecule has 0 unspecified atom stereocenters. The van der Waals surface area contributed by atoms with Crippen LogP contribution in [0, 0.1) is 5.41 Å². The second-order valence-corrected chi connectivity index (χ2v) is 9.08. The number of nitrogens with two attached hydrogens (primary N) is 1. The van der Waals surface area contributed by atoms with Gasteiger partial charge in [0.25, 0.3) is 0 Å². The molecule has 2 N–H and O–H groups in total. The van der Waals surface area contributed by atoms with Crippen LogP contribution < -0.4 is 5.73 Å². The third kappa shape index (κ3) is 3.04. The van der Waals surface area contributed by atoms with Gasteiger partial charge in [0.05, 0.1) is 11.5 Å². The molecule has 4 nitrogen and oxygen atoms in total. The third-order valence-corrected chi connectivity index (χ3v) is 7.78. The minimum Gasteiger partial charge on any atom is -0.329 e. The van der Waals surface area contributed by atoms with Crippen molar-refractivity contribution in [3.05, 3.63) is 0 Å². The third-order valence-electron chi connectivity index (χ3n) is 6.13. The Bertz CT molecular complexity index is 405. The highest BCUT2D eigenvalue weighted by molar-refractivity contribution is 7.91. The van der Waals surface area contributed by atoms with Crippen LogP contribution in [0.25, 0.3) is 0 Å². The first-order chi connectivity index (χ1) is 9.41. The molecule has 0 saturated carbocycles. The molecule has 2 fully saturated rings. The van der Waals surface area contributed by atoms with Gasteiger partial charge in [0.1, 0.15) is 9.84 Å². The second kappa shape index (κ2) is 5.93. The monoisotopic (exact) mass is 302 g/mol. The molecular formula is C15H30N2O2S. The highest BCUT2D eigenvalue weighted by atomic mass is 32.2. The smallest absolute Gasteiger partial charge is 0.150 e. The molecule has 118 valence electrons. The van der Waals surface area contributed by atoms with Crippen molar-refractivity contribution >= 4 is 9.84 Å². The summed E-state index contributed by atoms with van der Waals surface area (Å²) in [6.07, 6.45) is 6.40. The van der Waals surface area contributed by atoms with E-state index in [9.17, 15) is 8.42 Å². The molecule has 0 aromatic heterocycles. The zero-order chi connectivity index (χ0) is 14.9. The summed E-state index contributed by atoms with van der Waals surface area (Å²) in [5.74, 6) is 0.626. The molecule has 0 spiro atoms. The van der Waals surface area contributed by atoms with E-state index in [0.29, 0.717) is 23.5 Å². The Morgan fingerprint density at radius 3 is 1.90 bits per heavy atom. The molecular weight excluding hydrogens is 272 g/mol. The Morgan fingerprint density at radius 2 is 1.50 bits per heavy atom. The summed E-state index contributed by atoms with van der Waals surface area (Å²) < 4.78 is 23.3. The maximum Gasteiger partial charge on any atom is 0.150 e. The summed E-state index contributed by atoms with van der Waals surface area (Å²) in [5.41, 5.74) is 6.50. The lowest BCUT2D eigenvalue weighted by atomic mass is 9.73. The van der Waals surface area contributed by atoms with Gasteiger partial charge in [-0.1, -0.05) is 26.7 Å². The SMILES string of the molecule is CCC1(CC)CCN(C2(CN)CCS(=O)(=O)CC2)CC1. The number of nitrogens with zero attached hydrogens (tertiary/aromatic N) is 1. The van der Waals surface area contributed by atoms with Crippen LogP contribution in [0.2, 0.25) is 0 Å². The van der Waals surface area contributed by atoms with Crippen LogP contribution in [0.5, 0.6) is 0 Å². The maximum absolute atomic E-state index is 11.7. The highest BCUT2D eigenvalue weighted by Crippen LogP contribution is 2.41. The van der Waals surface area contributed by atoms with Crippen LogP contribution in [-0.2, 0) is 9.84 Å². The van der Waals surface area contributed by atoms with Crippen molar-refractivity contribution < 1.29 is 8.42 Å². The average Bonchev–Trinajstić information content (AvgIpc) is 2.48. The standard InChI is InChI=1S/C15H30N2O2S/c1-3-14(4-2)5-9-17(10-6-14)15(13-16)7-11-20(18,19)12-8-15/h3-13,16H2,1-2H3. The van der Waals surface area contributed by atoms with E-state index in [2.05, 4.69) is 18.7 Å². The van der Waals surface area contributed by atoms with Gasteiger partial charge in [0, 0.05) is 12.1 Å². The fourth-order valence-corrected chi connectivity index (χ4v) is 5.57. The van der Waals surface area contributed by atoms with Gasteiger partial charge in [-0.2, -0.15) is 0 Å². The average molecular weight is 302 g/mol. The maximum atomic E-state index is 11.7. The Hall–Kier alpha value is -0.130. The van der Waals surface area contributed by atoms with Gasteiger partial charge < -0.3 is 5.73 Å². The number of hydrogen-bond donors (Lipinski definition) is 1. The van der Waals surface area contributed by atoms with Crippen LogP contribution in [0.15, 0.2) is 0 Å². The van der Waals surface area contributed by atoms with Gasteiger partial charge in [0.15, 0.2) is 0 Å². The van der Waals surface area contributed by atoms with E-state index in [4.69, 9.17) is 5.73 Å². The normalized spacial score (nSPS) is 29.1. The predicted molar refractivity (Wildman–Crippen MR) is 83.5 cm³/mol. The highest BCUT2D eigenvalue weighted by Gasteiger charge is 2.44. The summed E-state index contributed by atoms with van der Waals surface area (Å²) in [6.45, 7) is 7.35. The Labute approximate surface area is 124 Å². The Balaban J connectivity index is 2.04. The number of likely N-dealkylation sites (tertiary alicyclic amines) is 1. The quantitative estimate of drug-likeness (QED) is 0.860. The molecule has 0 aromatic carbocycles. The van der Waals surface area contributed by atoms with Crippen LogP contribution in [-0.4, -0.2) is 50.0 Å². The van der Waals surface area contributed by atoms with E-state index in [1.54, 1.807) is 0 Å². The van der Waals surface area contributed by atoms with E-state index in [1.807, 2.05) is 0 Å².